The van der Waals surface area contributed by atoms with Crippen LogP contribution in [0.2, 0.25) is 0 Å². The molecule has 0 amide bonds. The van der Waals surface area contributed by atoms with Crippen molar-refractivity contribution < 1.29 is 4.42 Å². The highest BCUT2D eigenvalue weighted by atomic mass is 16.3. The molecule has 0 aliphatic carbocycles. The smallest absolute Gasteiger partial charge is 0.181 e. The lowest BCUT2D eigenvalue weighted by Gasteiger charge is -2.10. The molecule has 24 heavy (non-hydrogen) atoms. The van der Waals surface area contributed by atoms with Gasteiger partial charge in [-0.25, -0.2) is 4.98 Å². The van der Waals surface area contributed by atoms with Gasteiger partial charge in [0.25, 0.3) is 0 Å². The van der Waals surface area contributed by atoms with Crippen LogP contribution < -0.4 is 0 Å². The minimum atomic E-state index is 0.575. The van der Waals surface area contributed by atoms with Crippen molar-refractivity contribution in [3.05, 3.63) is 72.2 Å². The Morgan fingerprint density at radius 1 is 1.04 bits per heavy atom. The molecule has 0 aliphatic heterocycles. The maximum atomic E-state index is 5.27. The fourth-order valence-electron chi connectivity index (χ4n) is 2.44. The molecule has 0 bridgehead atoms. The van der Waals surface area contributed by atoms with E-state index < -0.39 is 0 Å². The molecule has 1 aromatic heterocycles. The van der Waals surface area contributed by atoms with E-state index in [9.17, 15) is 0 Å². The van der Waals surface area contributed by atoms with Crippen molar-refractivity contribution in [1.29, 1.82) is 0 Å². The topological polar surface area (TPSA) is 54.0 Å². The first-order valence-electron chi connectivity index (χ1n) is 7.80. The van der Waals surface area contributed by atoms with Crippen molar-refractivity contribution >= 4 is 5.69 Å². The van der Waals surface area contributed by atoms with Crippen LogP contribution in [0.25, 0.3) is 11.3 Å². The van der Waals surface area contributed by atoms with Crippen LogP contribution in [0.3, 0.4) is 0 Å². The second-order valence-electron chi connectivity index (χ2n) is 5.87. The average molecular weight is 320 g/mol. The third-order valence-electron chi connectivity index (χ3n) is 3.51. The van der Waals surface area contributed by atoms with Crippen LogP contribution in [0.4, 0.5) is 5.69 Å². The highest BCUT2D eigenvalue weighted by Crippen LogP contribution is 2.22. The summed E-state index contributed by atoms with van der Waals surface area (Å²) in [5.74, 6) is 0.746. The van der Waals surface area contributed by atoms with Gasteiger partial charge in [0.05, 0.1) is 18.4 Å². The Hall–Kier alpha value is -2.79. The number of hydrogen-bond acceptors (Lipinski definition) is 5. The van der Waals surface area contributed by atoms with Crippen LogP contribution in [-0.2, 0) is 13.1 Å². The van der Waals surface area contributed by atoms with E-state index in [0.717, 1.165) is 29.1 Å². The zero-order valence-corrected chi connectivity index (χ0v) is 13.9. The van der Waals surface area contributed by atoms with E-state index in [4.69, 9.17) is 4.42 Å². The Morgan fingerprint density at radius 2 is 1.83 bits per heavy atom. The first-order chi connectivity index (χ1) is 11.7. The van der Waals surface area contributed by atoms with Crippen molar-refractivity contribution in [2.24, 2.45) is 10.2 Å². The van der Waals surface area contributed by atoms with Gasteiger partial charge < -0.3 is 9.32 Å². The second kappa shape index (κ2) is 7.66. The van der Waals surface area contributed by atoms with Crippen molar-refractivity contribution in [2.75, 3.05) is 14.1 Å². The van der Waals surface area contributed by atoms with Gasteiger partial charge in [-0.15, -0.1) is 0 Å². The molecule has 122 valence electrons. The fraction of sp³-hybridized carbons (Fsp3) is 0.211. The minimum Gasteiger partial charge on any atom is -0.444 e. The summed E-state index contributed by atoms with van der Waals surface area (Å²) >= 11 is 0. The molecule has 0 fully saturated rings. The largest absolute Gasteiger partial charge is 0.444 e. The first-order valence-corrected chi connectivity index (χ1v) is 7.80. The average Bonchev–Trinajstić information content (AvgIpc) is 3.10. The summed E-state index contributed by atoms with van der Waals surface area (Å²) in [5.41, 5.74) is 4.24. The molecule has 0 spiro atoms. The lowest BCUT2D eigenvalue weighted by Crippen LogP contribution is -2.10. The summed E-state index contributed by atoms with van der Waals surface area (Å²) in [7, 11) is 4.13. The molecule has 0 aliphatic rings. The van der Waals surface area contributed by atoms with E-state index in [1.54, 1.807) is 6.20 Å². The minimum absolute atomic E-state index is 0.575. The molecule has 1 heterocycles. The summed E-state index contributed by atoms with van der Waals surface area (Å²) in [4.78, 5) is 6.07. The van der Waals surface area contributed by atoms with Gasteiger partial charge >= 0.3 is 0 Å². The van der Waals surface area contributed by atoms with Crippen LogP contribution in [0.5, 0.6) is 0 Å². The van der Waals surface area contributed by atoms with E-state index in [2.05, 4.69) is 58.5 Å². The van der Waals surface area contributed by atoms with Gasteiger partial charge in [0.2, 0.25) is 0 Å². The second-order valence-corrected chi connectivity index (χ2v) is 5.87. The maximum Gasteiger partial charge on any atom is 0.181 e. The molecule has 0 atom stereocenters. The summed E-state index contributed by atoms with van der Waals surface area (Å²) in [6, 6.07) is 16.2. The molecule has 0 radical (unpaired) electrons. The van der Waals surface area contributed by atoms with Gasteiger partial charge in [0.1, 0.15) is 0 Å². The molecular weight excluding hydrogens is 300 g/mol. The van der Waals surface area contributed by atoms with Crippen molar-refractivity contribution in [1.82, 2.24) is 9.88 Å². The predicted molar refractivity (Wildman–Crippen MR) is 94.0 cm³/mol. The van der Waals surface area contributed by atoms with Crippen LogP contribution >= 0.6 is 0 Å². The Kier molecular flexibility index (Phi) is 5.13. The van der Waals surface area contributed by atoms with Gasteiger partial charge in [-0.05, 0) is 49.5 Å². The Morgan fingerprint density at radius 3 is 2.54 bits per heavy atom. The number of azo groups is 1. The number of nitrogens with zero attached hydrogens (tertiary/aromatic N) is 4. The molecule has 0 saturated heterocycles. The third-order valence-corrected chi connectivity index (χ3v) is 3.51. The van der Waals surface area contributed by atoms with E-state index in [0.29, 0.717) is 6.54 Å². The summed E-state index contributed by atoms with van der Waals surface area (Å²) in [6.07, 6.45) is 3.12. The first kappa shape index (κ1) is 16.1. The molecule has 0 saturated carbocycles. The number of oxazole rings is 1. The Bertz CT molecular complexity index is 792. The number of benzene rings is 2. The van der Waals surface area contributed by atoms with Crippen molar-refractivity contribution in [3.63, 3.8) is 0 Å². The SMILES string of the molecule is CN(C)Cc1cccc(CN=Nc2ccc(-c3cnco3)cc2)c1. The van der Waals surface area contributed by atoms with Gasteiger partial charge in [-0.2, -0.15) is 10.2 Å². The summed E-state index contributed by atoms with van der Waals surface area (Å²) in [6.45, 7) is 1.50. The van der Waals surface area contributed by atoms with Gasteiger partial charge in [-0.1, -0.05) is 24.3 Å². The van der Waals surface area contributed by atoms with E-state index in [-0.39, 0.29) is 0 Å². The highest BCUT2D eigenvalue weighted by Gasteiger charge is 2.01. The van der Waals surface area contributed by atoms with E-state index >= 15 is 0 Å². The van der Waals surface area contributed by atoms with Crippen molar-refractivity contribution in [3.8, 4) is 11.3 Å². The Labute approximate surface area is 141 Å². The number of hydrogen-bond donors (Lipinski definition) is 0. The highest BCUT2D eigenvalue weighted by molar-refractivity contribution is 5.59. The maximum absolute atomic E-state index is 5.27. The van der Waals surface area contributed by atoms with E-state index in [1.165, 1.54) is 12.0 Å². The zero-order valence-electron chi connectivity index (χ0n) is 13.9. The summed E-state index contributed by atoms with van der Waals surface area (Å²) < 4.78 is 5.27. The van der Waals surface area contributed by atoms with Gasteiger partial charge in [0.15, 0.2) is 12.2 Å². The van der Waals surface area contributed by atoms with Gasteiger partial charge in [-0.3, -0.25) is 0 Å². The lowest BCUT2D eigenvalue weighted by molar-refractivity contribution is 0.402. The van der Waals surface area contributed by atoms with Crippen LogP contribution in [0.15, 0.2) is 75.8 Å². The zero-order chi connectivity index (χ0) is 16.8. The third kappa shape index (κ3) is 4.36. The van der Waals surface area contributed by atoms with Crippen LogP contribution in [0, 0.1) is 0 Å². The van der Waals surface area contributed by atoms with Crippen LogP contribution in [0.1, 0.15) is 11.1 Å². The number of rotatable bonds is 6. The molecule has 3 aromatic rings. The molecule has 5 heteroatoms. The molecule has 3 rings (SSSR count). The molecule has 0 unspecified atom stereocenters. The Balaban J connectivity index is 1.62. The lowest BCUT2D eigenvalue weighted by atomic mass is 10.1. The van der Waals surface area contributed by atoms with Gasteiger partial charge in [0, 0.05) is 12.1 Å². The molecule has 5 nitrogen and oxygen atoms in total. The van der Waals surface area contributed by atoms with Crippen LogP contribution in [-0.4, -0.2) is 24.0 Å². The van der Waals surface area contributed by atoms with E-state index in [1.807, 2.05) is 24.3 Å². The predicted octanol–water partition coefficient (Wildman–Crippen LogP) is 4.69. The van der Waals surface area contributed by atoms with Crippen molar-refractivity contribution in [2.45, 2.75) is 13.1 Å². The number of aromatic nitrogens is 1. The fourth-order valence-corrected chi connectivity index (χ4v) is 2.44. The molecule has 0 N–H and O–H groups in total. The normalized spacial score (nSPS) is 11.5. The standard InChI is InChI=1S/C19H20N4O/c1-23(2)13-16-5-3-4-15(10-16)11-21-22-18-8-6-17(7-9-18)19-12-20-14-24-19/h3-10,12,14H,11,13H2,1-2H3. The summed E-state index contributed by atoms with van der Waals surface area (Å²) in [5, 5.41) is 8.58. The quantitative estimate of drug-likeness (QED) is 0.619. The molecular formula is C19H20N4O. The monoisotopic (exact) mass is 320 g/mol. The molecule has 2 aromatic carbocycles.